The number of hydrogen-bond donors (Lipinski definition) is 1. The number of anilines is 2. The van der Waals surface area contributed by atoms with Crippen molar-refractivity contribution in [1.82, 2.24) is 4.31 Å². The molecule has 0 atom stereocenters. The van der Waals surface area contributed by atoms with Crippen LogP contribution in [0.5, 0.6) is 0 Å². The molecule has 1 heterocycles. The number of nitro groups is 1. The summed E-state index contributed by atoms with van der Waals surface area (Å²) in [7, 11) is -7.51. The lowest BCUT2D eigenvalue weighted by molar-refractivity contribution is -0.384. The second-order valence-corrected chi connectivity index (χ2v) is 11.1. The molecule has 2 aromatic carbocycles. The number of carbonyl (C=O) groups excluding carboxylic acids is 1. The summed E-state index contributed by atoms with van der Waals surface area (Å²) < 4.78 is 51.7. The van der Waals surface area contributed by atoms with Crippen molar-refractivity contribution in [2.45, 2.75) is 17.7 Å². The lowest BCUT2D eigenvalue weighted by Gasteiger charge is -2.21. The molecule has 1 amide bonds. The molecule has 1 N–H and O–H groups in total. The molecule has 1 aliphatic rings. The van der Waals surface area contributed by atoms with Crippen molar-refractivity contribution >= 4 is 43.0 Å². The van der Waals surface area contributed by atoms with Crippen LogP contribution in [0.1, 0.15) is 12.8 Å². The molecule has 0 unspecified atom stereocenters. The van der Waals surface area contributed by atoms with Crippen LogP contribution in [0.15, 0.2) is 53.4 Å². The van der Waals surface area contributed by atoms with Crippen LogP contribution in [0.4, 0.5) is 17.1 Å². The van der Waals surface area contributed by atoms with Gasteiger partial charge in [0.2, 0.25) is 26.0 Å². The van der Waals surface area contributed by atoms with Gasteiger partial charge in [-0.1, -0.05) is 6.07 Å². The molecule has 0 bridgehead atoms. The van der Waals surface area contributed by atoms with Gasteiger partial charge in [-0.15, -0.1) is 0 Å². The summed E-state index contributed by atoms with van der Waals surface area (Å²) in [6, 6.07) is 10.5. The van der Waals surface area contributed by atoms with Crippen LogP contribution in [0, 0.1) is 10.1 Å². The highest BCUT2D eigenvalue weighted by molar-refractivity contribution is 7.92. The zero-order valence-corrected chi connectivity index (χ0v) is 18.8. The van der Waals surface area contributed by atoms with Gasteiger partial charge in [-0.25, -0.2) is 16.8 Å². The van der Waals surface area contributed by atoms with Gasteiger partial charge in [0.15, 0.2) is 0 Å². The van der Waals surface area contributed by atoms with E-state index in [1.54, 1.807) is 0 Å². The third kappa shape index (κ3) is 5.41. The number of nitrogens with zero attached hydrogens (tertiary/aromatic N) is 3. The maximum atomic E-state index is 12.6. The Hall–Kier alpha value is -3.03. The molecule has 0 aliphatic carbocycles. The Morgan fingerprint density at radius 2 is 1.72 bits per heavy atom. The Kier molecular flexibility index (Phi) is 6.81. The fourth-order valence-electron chi connectivity index (χ4n) is 3.28. The first-order valence-electron chi connectivity index (χ1n) is 9.61. The number of amides is 1. The second-order valence-electron chi connectivity index (χ2n) is 7.23. The Balaban J connectivity index is 1.74. The average molecular weight is 483 g/mol. The number of benzene rings is 2. The van der Waals surface area contributed by atoms with Crippen LogP contribution in [0.3, 0.4) is 0 Å². The van der Waals surface area contributed by atoms with Crippen LogP contribution in [0.25, 0.3) is 0 Å². The van der Waals surface area contributed by atoms with Crippen molar-refractivity contribution in [3.63, 3.8) is 0 Å². The smallest absolute Gasteiger partial charge is 0.271 e. The van der Waals surface area contributed by atoms with Gasteiger partial charge in [0.25, 0.3) is 5.69 Å². The van der Waals surface area contributed by atoms with Crippen molar-refractivity contribution in [3.05, 3.63) is 58.6 Å². The molecule has 172 valence electrons. The van der Waals surface area contributed by atoms with Crippen molar-refractivity contribution in [3.8, 4) is 0 Å². The van der Waals surface area contributed by atoms with E-state index in [1.807, 2.05) is 0 Å². The van der Waals surface area contributed by atoms with E-state index in [9.17, 15) is 31.7 Å². The Labute approximate surface area is 185 Å². The van der Waals surface area contributed by atoms with Crippen LogP contribution in [-0.2, 0) is 24.8 Å². The van der Waals surface area contributed by atoms with Gasteiger partial charge < -0.3 is 5.32 Å². The molecule has 13 heteroatoms. The first-order valence-corrected chi connectivity index (χ1v) is 12.9. The maximum absolute atomic E-state index is 12.6. The molecule has 2 aromatic rings. The summed E-state index contributed by atoms with van der Waals surface area (Å²) in [5.41, 5.74) is -0.0573. The van der Waals surface area contributed by atoms with Crippen LogP contribution < -0.4 is 9.62 Å². The minimum absolute atomic E-state index is 0.0242. The van der Waals surface area contributed by atoms with Gasteiger partial charge >= 0.3 is 0 Å². The standard InChI is InChI=1S/C19H22N4O7S2/c1-31(27,28)22(16-5-4-6-17(13-16)23(25)26)14-19(24)20-15-7-9-18(10-8-15)32(29,30)21-11-2-3-12-21/h4-10,13H,2-3,11-12,14H2,1H3,(H,20,24). The number of rotatable bonds is 8. The van der Waals surface area contributed by atoms with Crippen LogP contribution in [-0.4, -0.2) is 57.9 Å². The van der Waals surface area contributed by atoms with Gasteiger partial charge in [-0.2, -0.15) is 4.31 Å². The first kappa shape index (κ1) is 23.6. The lowest BCUT2D eigenvalue weighted by atomic mass is 10.3. The molecule has 1 fully saturated rings. The molecule has 0 radical (unpaired) electrons. The van der Waals surface area contributed by atoms with Gasteiger partial charge in [-0.05, 0) is 43.2 Å². The van der Waals surface area contributed by atoms with E-state index in [4.69, 9.17) is 0 Å². The quantitative estimate of drug-likeness (QED) is 0.445. The molecule has 1 aliphatic heterocycles. The third-order valence-electron chi connectivity index (χ3n) is 4.86. The van der Waals surface area contributed by atoms with E-state index in [0.717, 1.165) is 29.5 Å². The summed E-state index contributed by atoms with van der Waals surface area (Å²) in [5, 5.41) is 13.5. The topological polar surface area (TPSA) is 147 Å². The molecular formula is C19H22N4O7S2. The molecule has 3 rings (SSSR count). The normalized spacial score (nSPS) is 14.8. The van der Waals surface area contributed by atoms with Crippen molar-refractivity contribution in [2.24, 2.45) is 0 Å². The fraction of sp³-hybridized carbons (Fsp3) is 0.316. The van der Waals surface area contributed by atoms with E-state index in [1.165, 1.54) is 46.8 Å². The van der Waals surface area contributed by atoms with E-state index < -0.39 is 37.4 Å². The van der Waals surface area contributed by atoms with Crippen molar-refractivity contribution in [1.29, 1.82) is 0 Å². The molecule has 0 spiro atoms. The number of carbonyl (C=O) groups is 1. The lowest BCUT2D eigenvalue weighted by Crippen LogP contribution is -2.37. The highest BCUT2D eigenvalue weighted by Gasteiger charge is 2.27. The molecule has 0 saturated carbocycles. The summed E-state index contributed by atoms with van der Waals surface area (Å²) in [4.78, 5) is 22.9. The van der Waals surface area contributed by atoms with Gasteiger partial charge in [0.05, 0.1) is 21.8 Å². The Morgan fingerprint density at radius 3 is 2.28 bits per heavy atom. The summed E-state index contributed by atoms with van der Waals surface area (Å²) in [6.07, 6.45) is 2.51. The average Bonchev–Trinajstić information content (AvgIpc) is 3.27. The van der Waals surface area contributed by atoms with Crippen molar-refractivity contribution in [2.75, 3.05) is 35.5 Å². The summed E-state index contributed by atoms with van der Waals surface area (Å²) in [6.45, 7) is 0.327. The summed E-state index contributed by atoms with van der Waals surface area (Å²) in [5.74, 6) is -0.697. The number of nitro benzene ring substituents is 1. The Bertz CT molecular complexity index is 1220. The second kappa shape index (κ2) is 9.22. The minimum Gasteiger partial charge on any atom is -0.325 e. The third-order valence-corrected chi connectivity index (χ3v) is 7.91. The number of nitrogens with one attached hydrogen (secondary N) is 1. The van der Waals surface area contributed by atoms with Crippen molar-refractivity contribution < 1.29 is 26.6 Å². The van der Waals surface area contributed by atoms with E-state index in [0.29, 0.717) is 13.1 Å². The largest absolute Gasteiger partial charge is 0.325 e. The molecule has 11 nitrogen and oxygen atoms in total. The molecule has 0 aromatic heterocycles. The van der Waals surface area contributed by atoms with Gasteiger partial charge in [-0.3, -0.25) is 19.2 Å². The zero-order valence-electron chi connectivity index (χ0n) is 17.2. The monoisotopic (exact) mass is 482 g/mol. The van der Waals surface area contributed by atoms with Gasteiger partial charge in [0.1, 0.15) is 6.54 Å². The highest BCUT2D eigenvalue weighted by Crippen LogP contribution is 2.24. The van der Waals surface area contributed by atoms with E-state index in [2.05, 4.69) is 5.32 Å². The minimum atomic E-state index is -3.92. The zero-order chi connectivity index (χ0) is 23.5. The highest BCUT2D eigenvalue weighted by atomic mass is 32.2. The van der Waals surface area contributed by atoms with Crippen LogP contribution in [0.2, 0.25) is 0 Å². The molecule has 1 saturated heterocycles. The van der Waals surface area contributed by atoms with E-state index >= 15 is 0 Å². The van der Waals surface area contributed by atoms with Crippen LogP contribution >= 0.6 is 0 Å². The molecular weight excluding hydrogens is 460 g/mol. The Morgan fingerprint density at radius 1 is 1.09 bits per heavy atom. The maximum Gasteiger partial charge on any atom is 0.271 e. The van der Waals surface area contributed by atoms with Gasteiger partial charge in [0, 0.05) is 30.9 Å². The fourth-order valence-corrected chi connectivity index (χ4v) is 5.65. The van der Waals surface area contributed by atoms with E-state index in [-0.39, 0.29) is 22.0 Å². The molecule has 32 heavy (non-hydrogen) atoms. The predicted octanol–water partition coefficient (Wildman–Crippen LogP) is 1.78. The number of hydrogen-bond acceptors (Lipinski definition) is 7. The first-order chi connectivity index (χ1) is 15.0. The SMILES string of the molecule is CS(=O)(=O)N(CC(=O)Nc1ccc(S(=O)(=O)N2CCCC2)cc1)c1cccc([N+](=O)[O-])c1. The predicted molar refractivity (Wildman–Crippen MR) is 118 cm³/mol. The number of sulfonamides is 2. The summed E-state index contributed by atoms with van der Waals surface area (Å²) >= 11 is 0. The number of non-ortho nitro benzene ring substituents is 1.